The standard InChI is InChI=1S/C10H9F7O4/c1-3(2)4(6(18)19)5(7(20)21)8(11,12)9(13,14)10(15,16)17/h3H,1-2H3,(H,18,19)(H,20,21)/b5-4-. The molecule has 0 amide bonds. The number of hydrogen-bond acceptors (Lipinski definition) is 2. The Morgan fingerprint density at radius 1 is 0.857 bits per heavy atom. The number of rotatable bonds is 5. The minimum absolute atomic E-state index is 0.855. The molecule has 0 saturated carbocycles. The predicted octanol–water partition coefficient (Wildman–Crippen LogP) is 2.94. The summed E-state index contributed by atoms with van der Waals surface area (Å²) in [6, 6.07) is 0. The lowest BCUT2D eigenvalue weighted by atomic mass is 9.90. The molecule has 0 rings (SSSR count). The van der Waals surface area contributed by atoms with Gasteiger partial charge in [-0.3, -0.25) is 0 Å². The molecule has 0 fully saturated rings. The quantitative estimate of drug-likeness (QED) is 0.602. The molecule has 0 atom stereocenters. The molecule has 21 heavy (non-hydrogen) atoms. The molecule has 4 nitrogen and oxygen atoms in total. The molecule has 0 aliphatic rings. The van der Waals surface area contributed by atoms with Crippen LogP contribution in [-0.2, 0) is 9.59 Å². The maximum Gasteiger partial charge on any atom is 0.460 e. The van der Waals surface area contributed by atoms with E-state index in [1.54, 1.807) is 0 Å². The lowest BCUT2D eigenvalue weighted by molar-refractivity contribution is -0.344. The van der Waals surface area contributed by atoms with Crippen molar-refractivity contribution in [2.45, 2.75) is 31.9 Å². The van der Waals surface area contributed by atoms with Gasteiger partial charge in [0.2, 0.25) is 0 Å². The molecule has 0 aromatic carbocycles. The fraction of sp³-hybridized carbons (Fsp3) is 0.600. The SMILES string of the molecule is CC(C)/C(C(=O)O)=C(\C(=O)O)C(F)(F)C(F)(F)C(F)(F)F. The molecule has 0 radical (unpaired) electrons. The fourth-order valence-electron chi connectivity index (χ4n) is 1.40. The van der Waals surface area contributed by atoms with Gasteiger partial charge < -0.3 is 10.2 Å². The minimum atomic E-state index is -6.77. The van der Waals surface area contributed by atoms with E-state index in [0.29, 0.717) is 0 Å². The van der Waals surface area contributed by atoms with Gasteiger partial charge in [-0.25, -0.2) is 9.59 Å². The Balaban J connectivity index is 6.56. The Morgan fingerprint density at radius 3 is 1.43 bits per heavy atom. The van der Waals surface area contributed by atoms with Crippen LogP contribution in [0.4, 0.5) is 30.7 Å². The topological polar surface area (TPSA) is 74.6 Å². The summed E-state index contributed by atoms with van der Waals surface area (Å²) in [6.07, 6.45) is -6.77. The van der Waals surface area contributed by atoms with Crippen LogP contribution in [0.2, 0.25) is 0 Å². The maximum absolute atomic E-state index is 13.4. The molecule has 0 spiro atoms. The van der Waals surface area contributed by atoms with E-state index in [-0.39, 0.29) is 0 Å². The molecule has 122 valence electrons. The summed E-state index contributed by atoms with van der Waals surface area (Å²) in [7, 11) is 0. The second-order valence-corrected chi connectivity index (χ2v) is 4.20. The fourth-order valence-corrected chi connectivity index (χ4v) is 1.40. The van der Waals surface area contributed by atoms with Crippen molar-refractivity contribution in [3.8, 4) is 0 Å². The highest BCUT2D eigenvalue weighted by molar-refractivity contribution is 6.00. The van der Waals surface area contributed by atoms with Crippen molar-refractivity contribution in [2.24, 2.45) is 5.92 Å². The van der Waals surface area contributed by atoms with Crippen molar-refractivity contribution in [3.05, 3.63) is 11.1 Å². The van der Waals surface area contributed by atoms with Crippen LogP contribution in [0.3, 0.4) is 0 Å². The van der Waals surface area contributed by atoms with Crippen molar-refractivity contribution in [1.82, 2.24) is 0 Å². The van der Waals surface area contributed by atoms with E-state index < -0.39 is 47.0 Å². The largest absolute Gasteiger partial charge is 0.478 e. The molecule has 0 saturated heterocycles. The van der Waals surface area contributed by atoms with Crippen LogP contribution < -0.4 is 0 Å². The van der Waals surface area contributed by atoms with Gasteiger partial charge in [0.05, 0.1) is 5.57 Å². The van der Waals surface area contributed by atoms with Crippen LogP contribution >= 0.6 is 0 Å². The Bertz CT molecular complexity index is 476. The number of carboxylic acid groups (broad SMARTS) is 2. The van der Waals surface area contributed by atoms with Gasteiger partial charge in [0.15, 0.2) is 0 Å². The zero-order chi connectivity index (χ0) is 17.4. The summed E-state index contributed by atoms with van der Waals surface area (Å²) in [5.74, 6) is -19.8. The molecule has 0 aliphatic carbocycles. The first-order valence-electron chi connectivity index (χ1n) is 5.12. The van der Waals surface area contributed by atoms with Crippen molar-refractivity contribution in [3.63, 3.8) is 0 Å². The van der Waals surface area contributed by atoms with E-state index in [1.807, 2.05) is 0 Å². The lowest BCUT2D eigenvalue weighted by Crippen LogP contribution is -2.54. The summed E-state index contributed by atoms with van der Waals surface area (Å²) in [4.78, 5) is 21.4. The van der Waals surface area contributed by atoms with Gasteiger partial charge in [0, 0.05) is 0 Å². The van der Waals surface area contributed by atoms with E-state index in [0.717, 1.165) is 13.8 Å². The van der Waals surface area contributed by atoms with E-state index in [1.165, 1.54) is 0 Å². The van der Waals surface area contributed by atoms with Crippen molar-refractivity contribution >= 4 is 11.9 Å². The van der Waals surface area contributed by atoms with Gasteiger partial charge in [-0.2, -0.15) is 30.7 Å². The Hall–Kier alpha value is -1.81. The van der Waals surface area contributed by atoms with Gasteiger partial charge in [-0.15, -0.1) is 0 Å². The first-order chi connectivity index (χ1) is 9.09. The number of alkyl halides is 7. The van der Waals surface area contributed by atoms with Crippen LogP contribution in [0.5, 0.6) is 0 Å². The minimum Gasteiger partial charge on any atom is -0.478 e. The average molecular weight is 326 g/mol. The number of carboxylic acids is 2. The summed E-state index contributed by atoms with van der Waals surface area (Å²) >= 11 is 0. The molecular weight excluding hydrogens is 317 g/mol. The first kappa shape index (κ1) is 19.2. The van der Waals surface area contributed by atoms with Crippen molar-refractivity contribution in [2.75, 3.05) is 0 Å². The highest BCUT2D eigenvalue weighted by Crippen LogP contribution is 2.50. The normalized spacial score (nSPS) is 15.0. The third kappa shape index (κ3) is 3.27. The summed E-state index contributed by atoms with van der Waals surface area (Å²) in [5, 5.41) is 17.1. The van der Waals surface area contributed by atoms with Gasteiger partial charge in [0.25, 0.3) is 0 Å². The maximum atomic E-state index is 13.4. The third-order valence-corrected chi connectivity index (χ3v) is 2.36. The van der Waals surface area contributed by atoms with Gasteiger partial charge in [0.1, 0.15) is 5.57 Å². The van der Waals surface area contributed by atoms with Gasteiger partial charge in [-0.1, -0.05) is 13.8 Å². The summed E-state index contributed by atoms with van der Waals surface area (Å²) in [5.41, 5.74) is -4.54. The molecule has 0 aromatic rings. The Labute approximate surface area is 112 Å². The second-order valence-electron chi connectivity index (χ2n) is 4.20. The molecular formula is C10H9F7O4. The van der Waals surface area contributed by atoms with E-state index in [9.17, 15) is 40.3 Å². The van der Waals surface area contributed by atoms with Crippen LogP contribution in [0, 0.1) is 5.92 Å². The Kier molecular flexibility index (Phi) is 5.05. The molecule has 2 N–H and O–H groups in total. The second kappa shape index (κ2) is 5.53. The molecule has 0 unspecified atom stereocenters. The van der Waals surface area contributed by atoms with Gasteiger partial charge >= 0.3 is 30.0 Å². The van der Waals surface area contributed by atoms with Crippen molar-refractivity contribution in [1.29, 1.82) is 0 Å². The average Bonchev–Trinajstić information content (AvgIpc) is 2.21. The highest BCUT2D eigenvalue weighted by atomic mass is 19.4. The van der Waals surface area contributed by atoms with Crippen LogP contribution in [0.1, 0.15) is 13.8 Å². The number of carbonyl (C=O) groups is 2. The predicted molar refractivity (Wildman–Crippen MR) is 53.1 cm³/mol. The molecule has 0 aliphatic heterocycles. The van der Waals surface area contributed by atoms with E-state index >= 15 is 0 Å². The number of aliphatic carboxylic acids is 2. The molecule has 11 heteroatoms. The smallest absolute Gasteiger partial charge is 0.460 e. The summed E-state index contributed by atoms with van der Waals surface area (Å²) < 4.78 is 88.6. The van der Waals surface area contributed by atoms with Crippen molar-refractivity contribution < 1.29 is 50.5 Å². The highest BCUT2D eigenvalue weighted by Gasteiger charge is 2.75. The Morgan fingerprint density at radius 2 is 1.24 bits per heavy atom. The third-order valence-electron chi connectivity index (χ3n) is 2.36. The molecule has 0 aromatic heterocycles. The van der Waals surface area contributed by atoms with E-state index in [2.05, 4.69) is 0 Å². The van der Waals surface area contributed by atoms with E-state index in [4.69, 9.17) is 10.2 Å². The zero-order valence-electron chi connectivity index (χ0n) is 10.4. The molecule has 0 bridgehead atoms. The zero-order valence-corrected chi connectivity index (χ0v) is 10.4. The van der Waals surface area contributed by atoms with Crippen LogP contribution in [-0.4, -0.2) is 40.2 Å². The van der Waals surface area contributed by atoms with Gasteiger partial charge in [-0.05, 0) is 5.92 Å². The monoisotopic (exact) mass is 326 g/mol. The number of halogens is 7. The summed E-state index contributed by atoms with van der Waals surface area (Å²) in [6.45, 7) is 1.71. The molecule has 0 heterocycles. The van der Waals surface area contributed by atoms with Crippen LogP contribution in [0.25, 0.3) is 0 Å². The first-order valence-corrected chi connectivity index (χ1v) is 5.12. The number of hydrogen-bond donors (Lipinski definition) is 2. The van der Waals surface area contributed by atoms with Crippen LogP contribution in [0.15, 0.2) is 11.1 Å². The lowest BCUT2D eigenvalue weighted by Gasteiger charge is -2.29.